The van der Waals surface area contributed by atoms with E-state index in [1.54, 1.807) is 0 Å². The molecule has 0 bridgehead atoms. The van der Waals surface area contributed by atoms with Gasteiger partial charge in [0.2, 0.25) is 0 Å². The number of halogens is 2. The Morgan fingerprint density at radius 2 is 1.93 bits per heavy atom. The fraction of sp³-hybridized carbons (Fsp3) is 0.200. The van der Waals surface area contributed by atoms with Gasteiger partial charge < -0.3 is 4.74 Å². The zero-order valence-corrected chi connectivity index (χ0v) is 7.87. The average Bonchev–Trinajstić information content (AvgIpc) is 2.15. The van der Waals surface area contributed by atoms with Crippen LogP contribution in [0.15, 0.2) is 12.1 Å². The fourth-order valence-corrected chi connectivity index (χ4v) is 1.22. The molecule has 3 nitrogen and oxygen atoms in total. The molecule has 0 unspecified atom stereocenters. The minimum absolute atomic E-state index is 0.0423. The van der Waals surface area contributed by atoms with Gasteiger partial charge in [-0.05, 0) is 24.6 Å². The largest absolute Gasteiger partial charge is 0.435 e. The lowest BCUT2D eigenvalue weighted by atomic mass is 10.0. The van der Waals surface area contributed by atoms with Gasteiger partial charge in [0.1, 0.15) is 5.75 Å². The summed E-state index contributed by atoms with van der Waals surface area (Å²) < 4.78 is 27.9. The minimum atomic E-state index is -2.95. The predicted octanol–water partition coefficient (Wildman–Crippen LogP) is 2.22. The smallest absolute Gasteiger partial charge is 0.387 e. The van der Waals surface area contributed by atoms with Gasteiger partial charge in [0.05, 0.1) is 0 Å². The first-order chi connectivity index (χ1) is 7.08. The molecular formula is C10H8F2O3. The maximum absolute atomic E-state index is 11.9. The SMILES string of the molecule is Cc1cc(OC(F)F)cc(C=O)c1C=O. The molecule has 0 saturated heterocycles. The summed E-state index contributed by atoms with van der Waals surface area (Å²) in [6.45, 7) is -1.42. The molecule has 1 rings (SSSR count). The third-order valence-corrected chi connectivity index (χ3v) is 1.86. The summed E-state index contributed by atoms with van der Waals surface area (Å²) in [5.74, 6) is -0.129. The van der Waals surface area contributed by atoms with Crippen LogP contribution in [0.2, 0.25) is 0 Å². The van der Waals surface area contributed by atoms with Crippen molar-refractivity contribution < 1.29 is 23.1 Å². The van der Waals surface area contributed by atoms with Crippen LogP contribution in [0.3, 0.4) is 0 Å². The highest BCUT2D eigenvalue weighted by molar-refractivity contribution is 5.92. The molecule has 0 saturated carbocycles. The van der Waals surface area contributed by atoms with Crippen molar-refractivity contribution in [3.05, 3.63) is 28.8 Å². The summed E-state index contributed by atoms with van der Waals surface area (Å²) in [6, 6.07) is 2.39. The van der Waals surface area contributed by atoms with Crippen LogP contribution in [-0.4, -0.2) is 19.2 Å². The van der Waals surface area contributed by atoms with E-state index in [2.05, 4.69) is 4.74 Å². The van der Waals surface area contributed by atoms with Crippen LogP contribution in [-0.2, 0) is 0 Å². The number of carbonyl (C=O) groups excluding carboxylic acids is 2. The van der Waals surface area contributed by atoms with E-state index in [-0.39, 0.29) is 16.9 Å². The van der Waals surface area contributed by atoms with Crippen molar-refractivity contribution in [2.75, 3.05) is 0 Å². The van der Waals surface area contributed by atoms with Gasteiger partial charge in [-0.25, -0.2) is 0 Å². The molecule has 5 heteroatoms. The molecule has 0 N–H and O–H groups in total. The molecule has 0 fully saturated rings. The second-order valence-corrected chi connectivity index (χ2v) is 2.86. The molecule has 0 aromatic heterocycles. The number of hydrogen-bond acceptors (Lipinski definition) is 3. The van der Waals surface area contributed by atoms with Crippen LogP contribution in [0, 0.1) is 6.92 Å². The molecule has 15 heavy (non-hydrogen) atoms. The van der Waals surface area contributed by atoms with E-state index in [1.165, 1.54) is 13.0 Å². The Labute approximate surface area is 84.7 Å². The number of ether oxygens (including phenoxy) is 1. The third-order valence-electron chi connectivity index (χ3n) is 1.86. The second kappa shape index (κ2) is 4.63. The lowest BCUT2D eigenvalue weighted by molar-refractivity contribution is -0.0499. The summed E-state index contributed by atoms with van der Waals surface area (Å²) in [5.41, 5.74) is 0.650. The first-order valence-electron chi connectivity index (χ1n) is 4.08. The first kappa shape index (κ1) is 11.3. The maximum atomic E-state index is 11.9. The monoisotopic (exact) mass is 214 g/mol. The van der Waals surface area contributed by atoms with E-state index in [4.69, 9.17) is 0 Å². The molecule has 0 aliphatic heterocycles. The van der Waals surface area contributed by atoms with Crippen molar-refractivity contribution in [2.45, 2.75) is 13.5 Å². The summed E-state index contributed by atoms with van der Waals surface area (Å²) in [4.78, 5) is 21.2. The molecule has 1 aromatic carbocycles. The number of rotatable bonds is 4. The van der Waals surface area contributed by atoms with Crippen molar-refractivity contribution in [3.8, 4) is 5.75 Å². The lowest BCUT2D eigenvalue weighted by Crippen LogP contribution is -2.04. The predicted molar refractivity (Wildman–Crippen MR) is 48.6 cm³/mol. The van der Waals surface area contributed by atoms with Crippen LogP contribution < -0.4 is 4.74 Å². The Bertz CT molecular complexity index is 388. The molecule has 80 valence electrons. The van der Waals surface area contributed by atoms with E-state index in [0.29, 0.717) is 18.1 Å². The van der Waals surface area contributed by atoms with Crippen molar-refractivity contribution in [1.82, 2.24) is 0 Å². The number of benzene rings is 1. The average molecular weight is 214 g/mol. The Balaban J connectivity index is 3.19. The topological polar surface area (TPSA) is 43.4 Å². The zero-order chi connectivity index (χ0) is 11.4. The normalized spacial score (nSPS) is 10.1. The van der Waals surface area contributed by atoms with Crippen LogP contribution >= 0.6 is 0 Å². The van der Waals surface area contributed by atoms with Crippen LogP contribution in [0.1, 0.15) is 26.3 Å². The van der Waals surface area contributed by atoms with Crippen LogP contribution in [0.4, 0.5) is 8.78 Å². The van der Waals surface area contributed by atoms with Crippen molar-refractivity contribution in [3.63, 3.8) is 0 Å². The van der Waals surface area contributed by atoms with Gasteiger partial charge in [0, 0.05) is 11.1 Å². The van der Waals surface area contributed by atoms with Gasteiger partial charge >= 0.3 is 6.61 Å². The molecule has 0 radical (unpaired) electrons. The molecule has 0 aliphatic carbocycles. The van der Waals surface area contributed by atoms with Crippen LogP contribution in [0.25, 0.3) is 0 Å². The molecule has 1 aromatic rings. The van der Waals surface area contributed by atoms with E-state index >= 15 is 0 Å². The number of alkyl halides is 2. The van der Waals surface area contributed by atoms with Gasteiger partial charge in [-0.15, -0.1) is 0 Å². The minimum Gasteiger partial charge on any atom is -0.435 e. The van der Waals surface area contributed by atoms with Gasteiger partial charge in [0.25, 0.3) is 0 Å². The molecule has 0 spiro atoms. The molecular weight excluding hydrogens is 206 g/mol. The summed E-state index contributed by atoms with van der Waals surface area (Å²) >= 11 is 0. The summed E-state index contributed by atoms with van der Waals surface area (Å²) in [6.07, 6.45) is 0.931. The van der Waals surface area contributed by atoms with Crippen LogP contribution in [0.5, 0.6) is 5.75 Å². The third kappa shape index (κ3) is 2.59. The quantitative estimate of drug-likeness (QED) is 0.722. The van der Waals surface area contributed by atoms with E-state index in [1.807, 2.05) is 0 Å². The van der Waals surface area contributed by atoms with Crippen molar-refractivity contribution in [2.24, 2.45) is 0 Å². The highest BCUT2D eigenvalue weighted by atomic mass is 19.3. The Morgan fingerprint density at radius 3 is 2.40 bits per heavy atom. The second-order valence-electron chi connectivity index (χ2n) is 2.86. The Kier molecular flexibility index (Phi) is 3.49. The van der Waals surface area contributed by atoms with E-state index in [0.717, 1.165) is 6.07 Å². The highest BCUT2D eigenvalue weighted by Gasteiger charge is 2.10. The van der Waals surface area contributed by atoms with E-state index in [9.17, 15) is 18.4 Å². The van der Waals surface area contributed by atoms with Crippen molar-refractivity contribution in [1.29, 1.82) is 0 Å². The molecule has 0 heterocycles. The number of hydrogen-bond donors (Lipinski definition) is 0. The van der Waals surface area contributed by atoms with Gasteiger partial charge in [-0.1, -0.05) is 0 Å². The van der Waals surface area contributed by atoms with E-state index < -0.39 is 6.61 Å². The Hall–Kier alpha value is -1.78. The highest BCUT2D eigenvalue weighted by Crippen LogP contribution is 2.21. The maximum Gasteiger partial charge on any atom is 0.387 e. The lowest BCUT2D eigenvalue weighted by Gasteiger charge is -2.08. The summed E-state index contributed by atoms with van der Waals surface area (Å²) in [7, 11) is 0. The van der Waals surface area contributed by atoms with Gasteiger partial charge in [-0.2, -0.15) is 8.78 Å². The molecule has 0 aliphatic rings. The number of aryl methyl sites for hydroxylation is 1. The summed E-state index contributed by atoms with van der Waals surface area (Å²) in [5, 5.41) is 0. The Morgan fingerprint density at radius 1 is 1.27 bits per heavy atom. The number of carbonyl (C=O) groups is 2. The van der Waals surface area contributed by atoms with Gasteiger partial charge in [0.15, 0.2) is 12.6 Å². The fourth-order valence-electron chi connectivity index (χ4n) is 1.22. The molecule has 0 atom stereocenters. The standard InChI is InChI=1S/C10H8F2O3/c1-6-2-8(15-10(11)12)3-7(4-13)9(6)5-14/h2-5,10H,1H3. The molecule has 0 amide bonds. The zero-order valence-electron chi connectivity index (χ0n) is 7.87. The first-order valence-corrected chi connectivity index (χ1v) is 4.08. The number of aldehydes is 2. The van der Waals surface area contributed by atoms with Crippen molar-refractivity contribution >= 4 is 12.6 Å². The van der Waals surface area contributed by atoms with Gasteiger partial charge in [-0.3, -0.25) is 9.59 Å².